The number of benzene rings is 2. The summed E-state index contributed by atoms with van der Waals surface area (Å²) >= 11 is 0. The van der Waals surface area contributed by atoms with Crippen LogP contribution in [-0.4, -0.2) is 62.9 Å². The van der Waals surface area contributed by atoms with Gasteiger partial charge in [0.15, 0.2) is 11.5 Å². The van der Waals surface area contributed by atoms with E-state index in [1.54, 1.807) is 14.2 Å². The van der Waals surface area contributed by atoms with E-state index in [2.05, 4.69) is 12.1 Å². The Kier molecular flexibility index (Phi) is 5.39. The van der Waals surface area contributed by atoms with Gasteiger partial charge in [-0.3, -0.25) is 0 Å². The number of nitrogens with zero attached hydrogens (tertiary/aromatic N) is 2. The minimum absolute atomic E-state index is 0.0672. The van der Waals surface area contributed by atoms with Crippen LogP contribution >= 0.6 is 0 Å². The van der Waals surface area contributed by atoms with Crippen molar-refractivity contribution in [3.05, 3.63) is 59.2 Å². The van der Waals surface area contributed by atoms with Gasteiger partial charge >= 0.3 is 6.03 Å². The summed E-state index contributed by atoms with van der Waals surface area (Å²) in [6, 6.07) is 14.2. The first-order valence-electron chi connectivity index (χ1n) is 9.66. The molecule has 0 bridgehead atoms. The number of amides is 2. The summed E-state index contributed by atoms with van der Waals surface area (Å²) < 4.78 is 16.4. The van der Waals surface area contributed by atoms with E-state index >= 15 is 0 Å². The highest BCUT2D eigenvalue weighted by Gasteiger charge is 2.35. The summed E-state index contributed by atoms with van der Waals surface area (Å²) in [7, 11) is 3.29. The maximum Gasteiger partial charge on any atom is 0.320 e. The fourth-order valence-electron chi connectivity index (χ4n) is 4.08. The summed E-state index contributed by atoms with van der Waals surface area (Å²) in [5, 5.41) is 0. The van der Waals surface area contributed by atoms with Crippen LogP contribution in [0.4, 0.5) is 4.79 Å². The Morgan fingerprint density at radius 2 is 1.68 bits per heavy atom. The quantitative estimate of drug-likeness (QED) is 0.819. The summed E-state index contributed by atoms with van der Waals surface area (Å²) in [5.74, 6) is 1.41. The third-order valence-corrected chi connectivity index (χ3v) is 5.52. The Bertz CT molecular complexity index is 834. The first-order chi connectivity index (χ1) is 13.7. The molecule has 2 aromatic carbocycles. The van der Waals surface area contributed by atoms with E-state index in [9.17, 15) is 4.79 Å². The third kappa shape index (κ3) is 3.40. The second kappa shape index (κ2) is 8.10. The van der Waals surface area contributed by atoms with Gasteiger partial charge in [0.05, 0.1) is 33.5 Å². The number of carbonyl (C=O) groups excluding carboxylic acids is 1. The number of fused-ring (bicyclic) bond motifs is 1. The molecule has 2 heterocycles. The molecule has 0 aliphatic carbocycles. The molecule has 0 N–H and O–H groups in total. The molecule has 0 spiro atoms. The minimum Gasteiger partial charge on any atom is -0.493 e. The van der Waals surface area contributed by atoms with Crippen LogP contribution in [0.3, 0.4) is 0 Å². The molecule has 1 saturated heterocycles. The van der Waals surface area contributed by atoms with Crippen LogP contribution in [0.15, 0.2) is 42.5 Å². The molecule has 0 radical (unpaired) electrons. The number of morpholine rings is 1. The van der Waals surface area contributed by atoms with E-state index in [-0.39, 0.29) is 12.1 Å². The lowest BCUT2D eigenvalue weighted by molar-refractivity contribution is 0.0400. The van der Waals surface area contributed by atoms with Crippen LogP contribution in [0, 0.1) is 0 Å². The molecule has 1 fully saturated rings. The summed E-state index contributed by atoms with van der Waals surface area (Å²) in [6.07, 6.45) is 0.787. The van der Waals surface area contributed by atoms with E-state index in [1.165, 1.54) is 5.56 Å². The van der Waals surface area contributed by atoms with Crippen molar-refractivity contribution in [1.82, 2.24) is 9.80 Å². The normalized spacial score (nSPS) is 19.1. The average Bonchev–Trinajstić information content (AvgIpc) is 2.77. The molecule has 0 saturated carbocycles. The van der Waals surface area contributed by atoms with Crippen LogP contribution in [0.5, 0.6) is 11.5 Å². The Morgan fingerprint density at radius 3 is 2.36 bits per heavy atom. The molecule has 2 aliphatic heterocycles. The van der Waals surface area contributed by atoms with Crippen molar-refractivity contribution in [1.29, 1.82) is 0 Å². The van der Waals surface area contributed by atoms with Gasteiger partial charge in [-0.25, -0.2) is 4.79 Å². The average molecular weight is 382 g/mol. The second-order valence-electron chi connectivity index (χ2n) is 7.04. The molecular weight excluding hydrogens is 356 g/mol. The topological polar surface area (TPSA) is 51.2 Å². The molecule has 1 atom stereocenters. The van der Waals surface area contributed by atoms with E-state index in [0.717, 1.165) is 23.3 Å². The molecule has 2 aromatic rings. The highest BCUT2D eigenvalue weighted by molar-refractivity contribution is 5.76. The monoisotopic (exact) mass is 382 g/mol. The smallest absolute Gasteiger partial charge is 0.320 e. The van der Waals surface area contributed by atoms with Crippen LogP contribution in [0.25, 0.3) is 0 Å². The van der Waals surface area contributed by atoms with Gasteiger partial charge in [0, 0.05) is 19.6 Å². The molecule has 6 heteroatoms. The molecule has 0 unspecified atom stereocenters. The lowest BCUT2D eigenvalue weighted by atomic mass is 9.88. The van der Waals surface area contributed by atoms with Crippen molar-refractivity contribution in [2.24, 2.45) is 0 Å². The first kappa shape index (κ1) is 18.6. The Morgan fingerprint density at radius 1 is 1.00 bits per heavy atom. The molecule has 2 amide bonds. The van der Waals surface area contributed by atoms with Crippen LogP contribution in [0.1, 0.15) is 22.7 Å². The van der Waals surface area contributed by atoms with Crippen LogP contribution in [-0.2, 0) is 11.2 Å². The van der Waals surface area contributed by atoms with Gasteiger partial charge in [0.25, 0.3) is 0 Å². The van der Waals surface area contributed by atoms with Gasteiger partial charge in [-0.1, -0.05) is 30.3 Å². The largest absolute Gasteiger partial charge is 0.493 e. The summed E-state index contributed by atoms with van der Waals surface area (Å²) in [6.45, 7) is 3.12. The zero-order valence-corrected chi connectivity index (χ0v) is 16.4. The Labute approximate surface area is 165 Å². The fraction of sp³-hybridized carbons (Fsp3) is 0.409. The number of rotatable bonds is 3. The molecule has 2 aliphatic rings. The number of hydrogen-bond donors (Lipinski definition) is 0. The minimum atomic E-state index is -0.153. The van der Waals surface area contributed by atoms with Crippen molar-refractivity contribution in [2.75, 3.05) is 47.1 Å². The van der Waals surface area contributed by atoms with E-state index in [0.29, 0.717) is 38.6 Å². The fourth-order valence-corrected chi connectivity index (χ4v) is 4.08. The van der Waals surface area contributed by atoms with Crippen molar-refractivity contribution < 1.29 is 19.0 Å². The van der Waals surface area contributed by atoms with E-state index in [4.69, 9.17) is 14.2 Å². The molecule has 6 nitrogen and oxygen atoms in total. The Hall–Kier alpha value is -2.73. The predicted octanol–water partition coefficient (Wildman–Crippen LogP) is 3.10. The van der Waals surface area contributed by atoms with Gasteiger partial charge in [-0.05, 0) is 35.2 Å². The van der Waals surface area contributed by atoms with Crippen LogP contribution in [0.2, 0.25) is 0 Å². The number of ether oxygens (including phenoxy) is 3. The maximum atomic E-state index is 13.4. The zero-order valence-electron chi connectivity index (χ0n) is 16.4. The second-order valence-corrected chi connectivity index (χ2v) is 7.04. The highest BCUT2D eigenvalue weighted by atomic mass is 16.5. The van der Waals surface area contributed by atoms with E-state index in [1.807, 2.05) is 40.1 Å². The zero-order chi connectivity index (χ0) is 19.5. The molecule has 148 valence electrons. The Balaban J connectivity index is 1.77. The third-order valence-electron chi connectivity index (χ3n) is 5.52. The number of methoxy groups -OCH3 is 2. The highest BCUT2D eigenvalue weighted by Crippen LogP contribution is 2.41. The van der Waals surface area contributed by atoms with Gasteiger partial charge in [-0.2, -0.15) is 0 Å². The molecule has 28 heavy (non-hydrogen) atoms. The number of hydrogen-bond acceptors (Lipinski definition) is 4. The van der Waals surface area contributed by atoms with Gasteiger partial charge in [0.1, 0.15) is 0 Å². The maximum absolute atomic E-state index is 13.4. The molecule has 0 aromatic heterocycles. The number of urea groups is 1. The predicted molar refractivity (Wildman–Crippen MR) is 106 cm³/mol. The molecule has 4 rings (SSSR count). The van der Waals surface area contributed by atoms with Gasteiger partial charge in [0.2, 0.25) is 0 Å². The van der Waals surface area contributed by atoms with Crippen molar-refractivity contribution in [3.63, 3.8) is 0 Å². The number of carbonyl (C=O) groups is 1. The SMILES string of the molecule is COc1cc2c(cc1OC)[C@H](c1ccccc1)N(C(=O)N1CCOCC1)CC2. The van der Waals surface area contributed by atoms with Crippen molar-refractivity contribution >= 4 is 6.03 Å². The van der Waals surface area contributed by atoms with Crippen molar-refractivity contribution in [2.45, 2.75) is 12.5 Å². The summed E-state index contributed by atoms with van der Waals surface area (Å²) in [4.78, 5) is 17.2. The molecular formula is C22H26N2O4. The standard InChI is InChI=1S/C22H26N2O4/c1-26-19-14-17-8-9-24(22(25)23-10-12-28-13-11-23)21(16-6-4-3-5-7-16)18(17)15-20(19)27-2/h3-7,14-15,21H,8-13H2,1-2H3/t21-/m0/s1. The van der Waals surface area contributed by atoms with E-state index < -0.39 is 0 Å². The summed E-state index contributed by atoms with van der Waals surface area (Å²) in [5.41, 5.74) is 3.38. The van der Waals surface area contributed by atoms with Gasteiger partial charge < -0.3 is 24.0 Å². The van der Waals surface area contributed by atoms with Crippen LogP contribution < -0.4 is 9.47 Å². The van der Waals surface area contributed by atoms with Crippen molar-refractivity contribution in [3.8, 4) is 11.5 Å². The lowest BCUT2D eigenvalue weighted by Gasteiger charge is -2.41. The lowest BCUT2D eigenvalue weighted by Crippen LogP contribution is -2.51. The first-order valence-corrected chi connectivity index (χ1v) is 9.66. The van der Waals surface area contributed by atoms with Gasteiger partial charge in [-0.15, -0.1) is 0 Å².